The molecular weight excluding hydrogens is 266 g/mol. The van der Waals surface area contributed by atoms with Crippen LogP contribution in [0.3, 0.4) is 0 Å². The van der Waals surface area contributed by atoms with Crippen LogP contribution >= 0.6 is 0 Å². The molecular formula is C16H19N3O2. The predicted octanol–water partition coefficient (Wildman–Crippen LogP) is 2.41. The van der Waals surface area contributed by atoms with Gasteiger partial charge in [-0.3, -0.25) is 4.79 Å². The fraction of sp³-hybridized carbons (Fsp3) is 0.438. The molecule has 1 fully saturated rings. The number of carbonyl (C=O) groups excluding carboxylic acids is 1. The van der Waals surface area contributed by atoms with Crippen LogP contribution in [0.4, 0.5) is 5.82 Å². The lowest BCUT2D eigenvalue weighted by molar-refractivity contribution is -0.148. The molecule has 1 aliphatic rings. The summed E-state index contributed by atoms with van der Waals surface area (Å²) in [6, 6.07) is 7.96. The van der Waals surface area contributed by atoms with Crippen LogP contribution in [0.2, 0.25) is 0 Å². The number of anilines is 1. The molecule has 1 aliphatic heterocycles. The highest BCUT2D eigenvalue weighted by molar-refractivity contribution is 5.89. The molecule has 0 aliphatic carbocycles. The highest BCUT2D eigenvalue weighted by Gasteiger charge is 2.28. The maximum atomic E-state index is 12.0. The van der Waals surface area contributed by atoms with E-state index in [-0.39, 0.29) is 11.9 Å². The van der Waals surface area contributed by atoms with E-state index in [9.17, 15) is 4.79 Å². The van der Waals surface area contributed by atoms with Gasteiger partial charge in [0.15, 0.2) is 0 Å². The van der Waals surface area contributed by atoms with Crippen molar-refractivity contribution in [2.45, 2.75) is 19.8 Å². The third kappa shape index (κ3) is 2.82. The Morgan fingerprint density at radius 1 is 1.38 bits per heavy atom. The van der Waals surface area contributed by atoms with Gasteiger partial charge in [0.1, 0.15) is 12.1 Å². The molecule has 21 heavy (non-hydrogen) atoms. The van der Waals surface area contributed by atoms with Crippen LogP contribution in [0.5, 0.6) is 0 Å². The molecule has 3 rings (SSSR count). The van der Waals surface area contributed by atoms with E-state index in [4.69, 9.17) is 4.74 Å². The van der Waals surface area contributed by atoms with Gasteiger partial charge in [-0.05, 0) is 31.9 Å². The van der Waals surface area contributed by atoms with Crippen molar-refractivity contribution in [2.75, 3.05) is 24.6 Å². The lowest BCUT2D eigenvalue weighted by atomic mass is 9.98. The molecule has 2 aromatic rings. The molecule has 1 aromatic carbocycles. The molecule has 5 nitrogen and oxygen atoms in total. The molecule has 1 saturated heterocycles. The lowest BCUT2D eigenvalue weighted by Gasteiger charge is -2.32. The second-order valence-electron chi connectivity index (χ2n) is 5.25. The third-order valence-corrected chi connectivity index (χ3v) is 3.86. The van der Waals surface area contributed by atoms with Crippen molar-refractivity contribution in [3.05, 3.63) is 30.6 Å². The van der Waals surface area contributed by atoms with Crippen LogP contribution in [0.25, 0.3) is 10.9 Å². The molecule has 0 N–H and O–H groups in total. The molecule has 0 radical (unpaired) electrons. The Balaban J connectivity index is 1.87. The fourth-order valence-corrected chi connectivity index (χ4v) is 2.86. The van der Waals surface area contributed by atoms with Crippen molar-refractivity contribution in [3.63, 3.8) is 0 Å². The molecule has 0 amide bonds. The van der Waals surface area contributed by atoms with Gasteiger partial charge in [-0.15, -0.1) is 0 Å². The second kappa shape index (κ2) is 6.08. The zero-order chi connectivity index (χ0) is 14.7. The van der Waals surface area contributed by atoms with Gasteiger partial charge in [-0.2, -0.15) is 0 Å². The predicted molar refractivity (Wildman–Crippen MR) is 81.1 cm³/mol. The van der Waals surface area contributed by atoms with Gasteiger partial charge in [-0.25, -0.2) is 9.97 Å². The second-order valence-corrected chi connectivity index (χ2v) is 5.25. The summed E-state index contributed by atoms with van der Waals surface area (Å²) in [4.78, 5) is 22.9. The van der Waals surface area contributed by atoms with Crippen LogP contribution in [-0.2, 0) is 9.53 Å². The van der Waals surface area contributed by atoms with Crippen molar-refractivity contribution >= 4 is 22.7 Å². The Morgan fingerprint density at radius 3 is 3.10 bits per heavy atom. The smallest absolute Gasteiger partial charge is 0.310 e. The maximum Gasteiger partial charge on any atom is 0.310 e. The summed E-state index contributed by atoms with van der Waals surface area (Å²) in [5, 5.41) is 1.03. The summed E-state index contributed by atoms with van der Waals surface area (Å²) in [5.74, 6) is 0.752. The molecule has 5 heteroatoms. The van der Waals surface area contributed by atoms with Gasteiger partial charge in [-0.1, -0.05) is 12.1 Å². The summed E-state index contributed by atoms with van der Waals surface area (Å²) < 4.78 is 5.15. The molecule has 0 saturated carbocycles. The van der Waals surface area contributed by atoms with E-state index in [1.807, 2.05) is 31.2 Å². The van der Waals surface area contributed by atoms with Gasteiger partial charge in [0.05, 0.1) is 18.0 Å². The molecule has 0 bridgehead atoms. The summed E-state index contributed by atoms with van der Waals surface area (Å²) in [5.41, 5.74) is 0.931. The number of fused-ring (bicyclic) bond motifs is 1. The molecule has 0 spiro atoms. The number of hydrogen-bond acceptors (Lipinski definition) is 5. The van der Waals surface area contributed by atoms with E-state index in [0.717, 1.165) is 36.1 Å². The van der Waals surface area contributed by atoms with E-state index < -0.39 is 0 Å². The van der Waals surface area contributed by atoms with Crippen LogP contribution < -0.4 is 4.90 Å². The minimum absolute atomic E-state index is 0.0626. The lowest BCUT2D eigenvalue weighted by Crippen LogP contribution is -2.40. The van der Waals surface area contributed by atoms with Crippen LogP contribution in [0.1, 0.15) is 19.8 Å². The number of piperidine rings is 1. The van der Waals surface area contributed by atoms with Crippen LogP contribution in [0.15, 0.2) is 30.6 Å². The first kappa shape index (κ1) is 13.8. The number of esters is 1. The summed E-state index contributed by atoms with van der Waals surface area (Å²) in [6.07, 6.45) is 3.45. The Bertz CT molecular complexity index is 639. The van der Waals surface area contributed by atoms with Crippen molar-refractivity contribution in [1.82, 2.24) is 9.97 Å². The number of nitrogens with zero attached hydrogens (tertiary/aromatic N) is 3. The summed E-state index contributed by atoms with van der Waals surface area (Å²) >= 11 is 0. The van der Waals surface area contributed by atoms with Gasteiger partial charge < -0.3 is 9.64 Å². The number of aromatic nitrogens is 2. The van der Waals surface area contributed by atoms with Crippen molar-refractivity contribution in [2.24, 2.45) is 5.92 Å². The SMILES string of the molecule is CCOC(=O)C1CCCN(c2ncnc3ccccc23)C1. The average Bonchev–Trinajstić information content (AvgIpc) is 2.55. The van der Waals surface area contributed by atoms with Crippen LogP contribution in [-0.4, -0.2) is 35.6 Å². The van der Waals surface area contributed by atoms with Crippen LogP contribution in [0, 0.1) is 5.92 Å². The molecule has 1 atom stereocenters. The maximum absolute atomic E-state index is 12.0. The largest absolute Gasteiger partial charge is 0.466 e. The first-order chi connectivity index (χ1) is 10.3. The average molecular weight is 285 g/mol. The number of carbonyl (C=O) groups is 1. The van der Waals surface area contributed by atoms with E-state index in [1.54, 1.807) is 6.33 Å². The van der Waals surface area contributed by atoms with Gasteiger partial charge in [0, 0.05) is 18.5 Å². The number of benzene rings is 1. The van der Waals surface area contributed by atoms with Gasteiger partial charge in [0.25, 0.3) is 0 Å². The topological polar surface area (TPSA) is 55.3 Å². The van der Waals surface area contributed by atoms with Crippen molar-refractivity contribution < 1.29 is 9.53 Å². The molecule has 1 aromatic heterocycles. The molecule has 110 valence electrons. The van der Waals surface area contributed by atoms with E-state index in [2.05, 4.69) is 14.9 Å². The monoisotopic (exact) mass is 285 g/mol. The quantitative estimate of drug-likeness (QED) is 0.811. The fourth-order valence-electron chi connectivity index (χ4n) is 2.86. The Kier molecular flexibility index (Phi) is 3.99. The third-order valence-electron chi connectivity index (χ3n) is 3.86. The summed E-state index contributed by atoms with van der Waals surface area (Å²) in [7, 11) is 0. The van der Waals surface area contributed by atoms with Crippen molar-refractivity contribution in [3.8, 4) is 0 Å². The Labute approximate surface area is 124 Å². The summed E-state index contributed by atoms with van der Waals surface area (Å²) in [6.45, 7) is 3.86. The first-order valence-electron chi connectivity index (χ1n) is 7.41. The highest BCUT2D eigenvalue weighted by atomic mass is 16.5. The highest BCUT2D eigenvalue weighted by Crippen LogP contribution is 2.27. The first-order valence-corrected chi connectivity index (χ1v) is 7.41. The van der Waals surface area contributed by atoms with E-state index in [1.165, 1.54) is 0 Å². The zero-order valence-electron chi connectivity index (χ0n) is 12.2. The number of ether oxygens (including phenoxy) is 1. The number of para-hydroxylation sites is 1. The van der Waals surface area contributed by atoms with E-state index >= 15 is 0 Å². The Hall–Kier alpha value is -2.17. The zero-order valence-corrected chi connectivity index (χ0v) is 12.2. The molecule has 1 unspecified atom stereocenters. The number of hydrogen-bond donors (Lipinski definition) is 0. The van der Waals surface area contributed by atoms with Gasteiger partial charge >= 0.3 is 5.97 Å². The minimum atomic E-state index is -0.0967. The minimum Gasteiger partial charge on any atom is -0.466 e. The Morgan fingerprint density at radius 2 is 2.24 bits per heavy atom. The standard InChI is InChI=1S/C16H19N3O2/c1-2-21-16(20)12-6-5-9-19(10-12)15-13-7-3-4-8-14(13)17-11-18-15/h3-4,7-8,11-12H,2,5-6,9-10H2,1H3. The molecule has 2 heterocycles. The normalized spacial score (nSPS) is 18.7. The van der Waals surface area contributed by atoms with E-state index in [0.29, 0.717) is 13.2 Å². The van der Waals surface area contributed by atoms with Gasteiger partial charge in [0.2, 0.25) is 0 Å². The van der Waals surface area contributed by atoms with Crippen molar-refractivity contribution in [1.29, 1.82) is 0 Å². The number of rotatable bonds is 3.